The zero-order valence-corrected chi connectivity index (χ0v) is 15.3. The summed E-state index contributed by atoms with van der Waals surface area (Å²) in [4.78, 5) is 12.8. The lowest BCUT2D eigenvalue weighted by molar-refractivity contribution is -0.122. The smallest absolute Gasteiger partial charge is 0.227 e. The Morgan fingerprint density at radius 1 is 1.12 bits per heavy atom. The number of benzene rings is 1. The van der Waals surface area contributed by atoms with Gasteiger partial charge in [0.15, 0.2) is 0 Å². The van der Waals surface area contributed by atoms with E-state index in [1.165, 1.54) is 30.8 Å². The molecule has 1 saturated heterocycles. The predicted molar refractivity (Wildman–Crippen MR) is 101 cm³/mol. The Kier molecular flexibility index (Phi) is 4.53. The molecule has 2 saturated carbocycles. The Morgan fingerprint density at radius 2 is 1.75 bits per heavy atom. The highest BCUT2D eigenvalue weighted by Gasteiger charge is 2.55. The summed E-state index contributed by atoms with van der Waals surface area (Å²) in [5, 5.41) is 11.9. The van der Waals surface area contributed by atoms with E-state index < -0.39 is 0 Å². The highest BCUT2D eigenvalue weighted by atomic mass is 32.2. The summed E-state index contributed by atoms with van der Waals surface area (Å²) in [6.07, 6.45) is 5.99. The molecule has 1 aromatic rings. The molecule has 0 radical (unpaired) electrons. The molecule has 2 aliphatic carbocycles. The van der Waals surface area contributed by atoms with Crippen molar-refractivity contribution in [2.45, 2.75) is 36.2 Å². The minimum Gasteiger partial charge on any atom is -0.326 e. The summed E-state index contributed by atoms with van der Waals surface area (Å²) in [6, 6.07) is 9.27. The molecule has 3 fully saturated rings. The third-order valence-corrected chi connectivity index (χ3v) is 9.79. The summed E-state index contributed by atoms with van der Waals surface area (Å²) in [6.45, 7) is 0. The van der Waals surface area contributed by atoms with E-state index in [9.17, 15) is 4.79 Å². The number of amides is 1. The maximum Gasteiger partial charge on any atom is 0.227 e. The van der Waals surface area contributed by atoms with Crippen LogP contribution in [0.3, 0.4) is 0 Å². The number of rotatable bonds is 2. The van der Waals surface area contributed by atoms with Gasteiger partial charge in [-0.25, -0.2) is 0 Å². The van der Waals surface area contributed by atoms with Gasteiger partial charge in [0.2, 0.25) is 5.91 Å². The molecular weight excluding hydrogens is 336 g/mol. The van der Waals surface area contributed by atoms with Crippen LogP contribution in [-0.2, 0) is 4.79 Å². The molecule has 0 aromatic heterocycles. The van der Waals surface area contributed by atoms with Crippen LogP contribution in [0.5, 0.6) is 0 Å². The van der Waals surface area contributed by atoms with Crippen LogP contribution < -0.4 is 5.32 Å². The second-order valence-corrected chi connectivity index (χ2v) is 10.1. The summed E-state index contributed by atoms with van der Waals surface area (Å²) >= 11 is 4.36. The molecule has 126 valence electrons. The minimum atomic E-state index is 0.142. The van der Waals surface area contributed by atoms with Gasteiger partial charge in [-0.05, 0) is 61.8 Å². The Balaban J connectivity index is 1.45. The van der Waals surface area contributed by atoms with Gasteiger partial charge >= 0.3 is 0 Å². The van der Waals surface area contributed by atoms with Gasteiger partial charge in [-0.1, -0.05) is 6.42 Å². The number of nitrogens with one attached hydrogen (secondary N) is 1. The SMILES string of the molecule is N#Cc1ccc(NC(=O)C2CC3CCCC(C2)C32SCCS2)cc1. The van der Waals surface area contributed by atoms with E-state index in [1.807, 2.05) is 12.1 Å². The van der Waals surface area contributed by atoms with Crippen LogP contribution in [-0.4, -0.2) is 21.5 Å². The summed E-state index contributed by atoms with van der Waals surface area (Å²) in [7, 11) is 0. The third kappa shape index (κ3) is 2.84. The van der Waals surface area contributed by atoms with Gasteiger partial charge < -0.3 is 5.32 Å². The number of carbonyl (C=O) groups is 1. The van der Waals surface area contributed by atoms with Crippen molar-refractivity contribution in [2.24, 2.45) is 17.8 Å². The molecule has 2 atom stereocenters. The number of nitriles is 1. The topological polar surface area (TPSA) is 52.9 Å². The zero-order chi connectivity index (χ0) is 16.6. The second-order valence-electron chi connectivity index (χ2n) is 7.09. The molecule has 3 nitrogen and oxygen atoms in total. The first-order valence-corrected chi connectivity index (χ1v) is 10.8. The number of thioether (sulfide) groups is 2. The van der Waals surface area contributed by atoms with Gasteiger partial charge in [-0.15, -0.1) is 23.5 Å². The highest BCUT2D eigenvalue weighted by molar-refractivity contribution is 8.21. The fourth-order valence-electron chi connectivity index (χ4n) is 4.70. The van der Waals surface area contributed by atoms with Crippen molar-refractivity contribution in [3.05, 3.63) is 29.8 Å². The van der Waals surface area contributed by atoms with Gasteiger partial charge in [-0.2, -0.15) is 5.26 Å². The molecule has 1 amide bonds. The molecular formula is C19H22N2OS2. The lowest BCUT2D eigenvalue weighted by Gasteiger charge is -2.52. The van der Waals surface area contributed by atoms with Crippen LogP contribution in [0.25, 0.3) is 0 Å². The maximum absolute atomic E-state index is 12.8. The standard InChI is InChI=1S/C19H22N2OS2/c20-12-13-4-6-17(7-5-13)21-18(22)14-10-15-2-1-3-16(11-14)19(15)23-8-9-24-19/h4-7,14-16H,1-3,8-11H2,(H,21,22). The Bertz CT molecular complexity index is 645. The van der Waals surface area contributed by atoms with E-state index in [0.29, 0.717) is 21.5 Å². The molecule has 1 aromatic carbocycles. The van der Waals surface area contributed by atoms with Gasteiger partial charge in [0.25, 0.3) is 0 Å². The monoisotopic (exact) mass is 358 g/mol. The number of anilines is 1. The normalized spacial score (nSPS) is 30.7. The van der Waals surface area contributed by atoms with Crippen molar-refractivity contribution in [1.82, 2.24) is 0 Å². The van der Waals surface area contributed by atoms with Crippen LogP contribution in [0.15, 0.2) is 24.3 Å². The number of nitrogens with zero attached hydrogens (tertiary/aromatic N) is 1. The minimum absolute atomic E-state index is 0.142. The van der Waals surface area contributed by atoms with Crippen molar-refractivity contribution in [3.63, 3.8) is 0 Å². The Hall–Kier alpha value is -1.12. The van der Waals surface area contributed by atoms with Crippen molar-refractivity contribution in [2.75, 3.05) is 16.8 Å². The van der Waals surface area contributed by atoms with Gasteiger partial charge in [0.05, 0.1) is 15.7 Å². The van der Waals surface area contributed by atoms with E-state index in [2.05, 4.69) is 34.9 Å². The molecule has 2 unspecified atom stereocenters. The van der Waals surface area contributed by atoms with Crippen molar-refractivity contribution >= 4 is 35.1 Å². The van der Waals surface area contributed by atoms with Gasteiger partial charge in [-0.3, -0.25) is 4.79 Å². The third-order valence-electron chi connectivity index (χ3n) is 5.77. The number of carbonyl (C=O) groups excluding carboxylic acids is 1. The van der Waals surface area contributed by atoms with Crippen LogP contribution in [0, 0.1) is 29.1 Å². The fraction of sp³-hybridized carbons (Fsp3) is 0.579. The first kappa shape index (κ1) is 16.4. The molecule has 5 heteroatoms. The molecule has 1 N–H and O–H groups in total. The van der Waals surface area contributed by atoms with Crippen molar-refractivity contribution < 1.29 is 4.79 Å². The molecule has 24 heavy (non-hydrogen) atoms. The molecule has 2 bridgehead atoms. The average Bonchev–Trinajstić information content (AvgIpc) is 3.05. The van der Waals surface area contributed by atoms with E-state index in [1.54, 1.807) is 12.1 Å². The Labute approximate surface area is 152 Å². The van der Waals surface area contributed by atoms with Crippen LogP contribution >= 0.6 is 23.5 Å². The quantitative estimate of drug-likeness (QED) is 0.846. The first-order valence-electron chi connectivity index (χ1n) is 8.80. The average molecular weight is 359 g/mol. The molecule has 3 aliphatic rings. The second kappa shape index (κ2) is 6.65. The zero-order valence-electron chi connectivity index (χ0n) is 13.7. The largest absolute Gasteiger partial charge is 0.326 e. The van der Waals surface area contributed by atoms with E-state index in [4.69, 9.17) is 5.26 Å². The predicted octanol–water partition coefficient (Wildman–Crippen LogP) is 4.50. The molecule has 1 spiro atoms. The lowest BCUT2D eigenvalue weighted by Crippen LogP contribution is -2.48. The van der Waals surface area contributed by atoms with Crippen molar-refractivity contribution in [3.8, 4) is 6.07 Å². The number of hydrogen-bond donors (Lipinski definition) is 1. The molecule has 1 aliphatic heterocycles. The lowest BCUT2D eigenvalue weighted by atomic mass is 9.67. The van der Waals surface area contributed by atoms with Crippen molar-refractivity contribution in [1.29, 1.82) is 5.26 Å². The van der Waals surface area contributed by atoms with Gasteiger partial charge in [0, 0.05) is 23.1 Å². The van der Waals surface area contributed by atoms with Gasteiger partial charge in [0.1, 0.15) is 0 Å². The van der Waals surface area contributed by atoms with Crippen LogP contribution in [0.4, 0.5) is 5.69 Å². The Morgan fingerprint density at radius 3 is 2.33 bits per heavy atom. The van der Waals surface area contributed by atoms with E-state index in [-0.39, 0.29) is 11.8 Å². The fourth-order valence-corrected chi connectivity index (χ4v) is 8.63. The van der Waals surface area contributed by atoms with Crippen LogP contribution in [0.1, 0.15) is 37.7 Å². The first-order chi connectivity index (χ1) is 11.7. The van der Waals surface area contributed by atoms with E-state index in [0.717, 1.165) is 18.5 Å². The van der Waals surface area contributed by atoms with E-state index >= 15 is 0 Å². The summed E-state index contributed by atoms with van der Waals surface area (Å²) < 4.78 is 0.420. The molecule has 1 heterocycles. The maximum atomic E-state index is 12.8. The summed E-state index contributed by atoms with van der Waals surface area (Å²) in [5.41, 5.74) is 1.42. The summed E-state index contributed by atoms with van der Waals surface area (Å²) in [5.74, 6) is 4.25. The molecule has 4 rings (SSSR count). The highest BCUT2D eigenvalue weighted by Crippen LogP contribution is 2.64. The van der Waals surface area contributed by atoms with Crippen LogP contribution in [0.2, 0.25) is 0 Å². The number of hydrogen-bond acceptors (Lipinski definition) is 4.